The first kappa shape index (κ1) is 14.2. The molecule has 0 radical (unpaired) electrons. The van der Waals surface area contributed by atoms with Crippen LogP contribution in [-0.2, 0) is 0 Å². The van der Waals surface area contributed by atoms with Crippen LogP contribution in [0, 0.1) is 0 Å². The third-order valence-electron chi connectivity index (χ3n) is 2.96. The standard InChI is InChI=1S/C16H9Br2NO2/c17-11-8-12-14(7-6-10-4-2-1-3-5-10)19-21-16(12)15(20)13(18)9-11/h1-9H/b7-6+. The van der Waals surface area contributed by atoms with E-state index in [4.69, 9.17) is 4.52 Å². The molecule has 0 unspecified atom stereocenters. The Kier molecular flexibility index (Phi) is 4.03. The van der Waals surface area contributed by atoms with Gasteiger partial charge in [-0.3, -0.25) is 4.79 Å². The van der Waals surface area contributed by atoms with Crippen molar-refractivity contribution in [2.24, 2.45) is 0 Å². The number of rotatable bonds is 2. The van der Waals surface area contributed by atoms with E-state index in [1.807, 2.05) is 48.6 Å². The summed E-state index contributed by atoms with van der Waals surface area (Å²) in [6.45, 7) is 0. The molecule has 2 aromatic carbocycles. The Morgan fingerprint density at radius 2 is 1.81 bits per heavy atom. The number of hydrogen-bond acceptors (Lipinski definition) is 3. The smallest absolute Gasteiger partial charge is 0.238 e. The van der Waals surface area contributed by atoms with Gasteiger partial charge in [0.05, 0.1) is 9.86 Å². The monoisotopic (exact) mass is 405 g/mol. The highest BCUT2D eigenvalue weighted by Gasteiger charge is 2.11. The summed E-state index contributed by atoms with van der Waals surface area (Å²) in [6.07, 6.45) is 3.76. The van der Waals surface area contributed by atoms with Gasteiger partial charge in [-0.15, -0.1) is 0 Å². The van der Waals surface area contributed by atoms with E-state index in [0.717, 1.165) is 10.0 Å². The molecule has 0 atom stereocenters. The van der Waals surface area contributed by atoms with E-state index in [-0.39, 0.29) is 11.0 Å². The molecule has 21 heavy (non-hydrogen) atoms. The summed E-state index contributed by atoms with van der Waals surface area (Å²) in [5.41, 5.74) is 1.69. The van der Waals surface area contributed by atoms with Crippen LogP contribution < -0.4 is 5.43 Å². The second-order valence-corrected chi connectivity index (χ2v) is 6.18. The fourth-order valence-electron chi connectivity index (χ4n) is 1.95. The summed E-state index contributed by atoms with van der Waals surface area (Å²) in [4.78, 5) is 12.1. The van der Waals surface area contributed by atoms with Crippen molar-refractivity contribution in [2.75, 3.05) is 0 Å². The molecule has 0 spiro atoms. The molecular formula is C16H9Br2NO2. The van der Waals surface area contributed by atoms with Gasteiger partial charge >= 0.3 is 0 Å². The van der Waals surface area contributed by atoms with Crippen molar-refractivity contribution in [3.8, 4) is 0 Å². The highest BCUT2D eigenvalue weighted by molar-refractivity contribution is 9.11. The lowest BCUT2D eigenvalue weighted by atomic mass is 10.2. The van der Waals surface area contributed by atoms with Gasteiger partial charge in [0.2, 0.25) is 11.0 Å². The topological polar surface area (TPSA) is 43.1 Å². The SMILES string of the molecule is O=c1c(Br)cc(Br)cc2c(/C=C/c3ccccc3)noc12. The highest BCUT2D eigenvalue weighted by Crippen LogP contribution is 2.23. The molecule has 3 nitrogen and oxygen atoms in total. The van der Waals surface area contributed by atoms with E-state index in [2.05, 4.69) is 37.0 Å². The Morgan fingerprint density at radius 3 is 2.57 bits per heavy atom. The van der Waals surface area contributed by atoms with Gasteiger partial charge in [-0.25, -0.2) is 0 Å². The maximum Gasteiger partial charge on any atom is 0.238 e. The lowest BCUT2D eigenvalue weighted by molar-refractivity contribution is 0.453. The number of fused-ring (bicyclic) bond motifs is 1. The first-order valence-electron chi connectivity index (χ1n) is 6.17. The van der Waals surface area contributed by atoms with Crippen molar-refractivity contribution in [3.05, 3.63) is 72.9 Å². The van der Waals surface area contributed by atoms with Crippen LogP contribution in [0.1, 0.15) is 11.3 Å². The van der Waals surface area contributed by atoms with Gasteiger partial charge in [-0.1, -0.05) is 57.5 Å². The molecule has 3 aromatic rings. The van der Waals surface area contributed by atoms with Gasteiger partial charge in [-0.05, 0) is 39.7 Å². The van der Waals surface area contributed by atoms with E-state index in [9.17, 15) is 4.79 Å². The summed E-state index contributed by atoms with van der Waals surface area (Å²) in [7, 11) is 0. The Labute approximate surface area is 137 Å². The molecule has 5 heteroatoms. The number of hydrogen-bond donors (Lipinski definition) is 0. The van der Waals surface area contributed by atoms with Crippen molar-refractivity contribution in [1.82, 2.24) is 5.16 Å². The molecule has 0 saturated heterocycles. The van der Waals surface area contributed by atoms with Crippen LogP contribution in [-0.4, -0.2) is 5.16 Å². The number of aromatic nitrogens is 1. The molecule has 0 fully saturated rings. The molecule has 0 N–H and O–H groups in total. The predicted molar refractivity (Wildman–Crippen MR) is 91.0 cm³/mol. The molecule has 1 heterocycles. The Morgan fingerprint density at radius 1 is 1.05 bits per heavy atom. The van der Waals surface area contributed by atoms with Gasteiger partial charge in [-0.2, -0.15) is 0 Å². The zero-order valence-corrected chi connectivity index (χ0v) is 13.9. The Balaban J connectivity index is 2.15. The largest absolute Gasteiger partial charge is 0.351 e. The average molecular weight is 407 g/mol. The van der Waals surface area contributed by atoms with Gasteiger partial charge in [0, 0.05) is 4.47 Å². The zero-order chi connectivity index (χ0) is 14.8. The second-order valence-electron chi connectivity index (χ2n) is 4.41. The Bertz CT molecular complexity index is 886. The van der Waals surface area contributed by atoms with Crippen molar-refractivity contribution in [3.63, 3.8) is 0 Å². The summed E-state index contributed by atoms with van der Waals surface area (Å²) in [5.74, 6) is 0. The average Bonchev–Trinajstić information content (AvgIpc) is 2.83. The van der Waals surface area contributed by atoms with Gasteiger partial charge in [0.15, 0.2) is 0 Å². The van der Waals surface area contributed by atoms with E-state index in [1.165, 1.54) is 0 Å². The highest BCUT2D eigenvalue weighted by atomic mass is 79.9. The number of nitrogens with zero attached hydrogens (tertiary/aromatic N) is 1. The van der Waals surface area contributed by atoms with E-state index in [1.54, 1.807) is 6.07 Å². The zero-order valence-electron chi connectivity index (χ0n) is 10.7. The maximum absolute atomic E-state index is 12.1. The third kappa shape index (κ3) is 2.99. The normalized spacial score (nSPS) is 11.3. The van der Waals surface area contributed by atoms with E-state index >= 15 is 0 Å². The minimum atomic E-state index is -0.220. The van der Waals surface area contributed by atoms with Gasteiger partial charge in [0.25, 0.3) is 0 Å². The van der Waals surface area contributed by atoms with Crippen molar-refractivity contribution in [1.29, 1.82) is 0 Å². The summed E-state index contributed by atoms with van der Waals surface area (Å²) < 4.78 is 6.41. The van der Waals surface area contributed by atoms with Crippen LogP contribution in [0.3, 0.4) is 0 Å². The summed E-state index contributed by atoms with van der Waals surface area (Å²) in [6, 6.07) is 13.4. The predicted octanol–water partition coefficient (Wildman–Crippen LogP) is 4.88. The minimum Gasteiger partial charge on any atom is -0.351 e. The molecule has 0 bridgehead atoms. The molecule has 1 aromatic heterocycles. The lowest BCUT2D eigenvalue weighted by Gasteiger charge is -1.90. The lowest BCUT2D eigenvalue weighted by Crippen LogP contribution is -1.96. The maximum atomic E-state index is 12.1. The fraction of sp³-hybridized carbons (Fsp3) is 0. The van der Waals surface area contributed by atoms with Crippen molar-refractivity contribution in [2.45, 2.75) is 0 Å². The summed E-state index contributed by atoms with van der Waals surface area (Å²) >= 11 is 6.63. The van der Waals surface area contributed by atoms with Crippen LogP contribution in [0.5, 0.6) is 0 Å². The first-order chi connectivity index (χ1) is 10.1. The molecule has 0 aliphatic rings. The van der Waals surface area contributed by atoms with Crippen LogP contribution >= 0.6 is 31.9 Å². The molecule has 0 aliphatic heterocycles. The van der Waals surface area contributed by atoms with Crippen LogP contribution in [0.25, 0.3) is 23.1 Å². The number of halogens is 2. The summed E-state index contributed by atoms with van der Waals surface area (Å²) in [5, 5.41) is 4.65. The van der Waals surface area contributed by atoms with E-state index in [0.29, 0.717) is 15.6 Å². The number of benzene rings is 1. The molecule has 3 rings (SSSR count). The molecule has 104 valence electrons. The molecule has 0 saturated carbocycles. The van der Waals surface area contributed by atoms with Crippen LogP contribution in [0.4, 0.5) is 0 Å². The molecule has 0 amide bonds. The van der Waals surface area contributed by atoms with Crippen LogP contribution in [0.2, 0.25) is 0 Å². The van der Waals surface area contributed by atoms with Gasteiger partial charge in [0.1, 0.15) is 5.69 Å². The minimum absolute atomic E-state index is 0.220. The fourth-order valence-corrected chi connectivity index (χ4v) is 3.14. The molecule has 0 aliphatic carbocycles. The van der Waals surface area contributed by atoms with E-state index < -0.39 is 0 Å². The van der Waals surface area contributed by atoms with Gasteiger partial charge < -0.3 is 4.52 Å². The van der Waals surface area contributed by atoms with Crippen molar-refractivity contribution < 1.29 is 4.52 Å². The van der Waals surface area contributed by atoms with Crippen LogP contribution in [0.15, 0.2) is 60.7 Å². The Hall–Kier alpha value is -1.72. The molecular weight excluding hydrogens is 398 g/mol. The first-order valence-corrected chi connectivity index (χ1v) is 7.75. The quantitative estimate of drug-likeness (QED) is 0.608. The second kappa shape index (κ2) is 5.95. The third-order valence-corrected chi connectivity index (χ3v) is 4.01. The van der Waals surface area contributed by atoms with Crippen molar-refractivity contribution >= 4 is 55.0 Å².